The summed E-state index contributed by atoms with van der Waals surface area (Å²) in [6.07, 6.45) is 5.88. The molecule has 0 fully saturated rings. The Hall–Kier alpha value is -0.160. The minimum Gasteiger partial charge on any atom is -0.348 e. The van der Waals surface area contributed by atoms with Crippen molar-refractivity contribution in [3.05, 3.63) is 0 Å². The van der Waals surface area contributed by atoms with Gasteiger partial charge in [-0.1, -0.05) is 40.0 Å². The van der Waals surface area contributed by atoms with Gasteiger partial charge in [0.15, 0.2) is 0 Å². The van der Waals surface area contributed by atoms with E-state index in [4.69, 9.17) is 18.9 Å². The van der Waals surface area contributed by atoms with Crippen LogP contribution in [0.25, 0.3) is 0 Å². The Kier molecular flexibility index (Phi) is 13.4. The van der Waals surface area contributed by atoms with Gasteiger partial charge in [-0.3, -0.25) is 0 Å². The van der Waals surface area contributed by atoms with Gasteiger partial charge in [0.05, 0.1) is 6.61 Å². The van der Waals surface area contributed by atoms with Crippen LogP contribution in [0.2, 0.25) is 0 Å². The van der Waals surface area contributed by atoms with E-state index >= 15 is 0 Å². The fourth-order valence-electron chi connectivity index (χ4n) is 1.90. The van der Waals surface area contributed by atoms with Gasteiger partial charge in [-0.25, -0.2) is 0 Å². The van der Waals surface area contributed by atoms with Crippen molar-refractivity contribution < 1.29 is 18.9 Å². The summed E-state index contributed by atoms with van der Waals surface area (Å²) in [5.41, 5.74) is 0. The first-order valence-electron chi connectivity index (χ1n) is 8.65. The molecule has 0 amide bonds. The zero-order valence-electron chi connectivity index (χ0n) is 14.8. The number of hydrogen-bond donors (Lipinski definition) is 0. The fourth-order valence-corrected chi connectivity index (χ4v) is 1.90. The van der Waals surface area contributed by atoms with Gasteiger partial charge in [0.1, 0.15) is 0 Å². The van der Waals surface area contributed by atoms with Crippen LogP contribution >= 0.6 is 0 Å². The third-order valence-electron chi connectivity index (χ3n) is 3.28. The van der Waals surface area contributed by atoms with Crippen molar-refractivity contribution >= 4 is 0 Å². The van der Waals surface area contributed by atoms with Crippen LogP contribution in [-0.2, 0) is 18.9 Å². The molecule has 0 aliphatic carbocycles. The first-order chi connectivity index (χ1) is 10.1. The number of unbranched alkanes of at least 4 members (excludes halogenated alkanes) is 3. The molecule has 4 heteroatoms. The molecule has 0 N–H and O–H groups in total. The molecule has 0 saturated heterocycles. The monoisotopic (exact) mass is 304 g/mol. The topological polar surface area (TPSA) is 36.9 Å². The molecule has 0 bridgehead atoms. The van der Waals surface area contributed by atoms with Gasteiger partial charge in [-0.15, -0.1) is 0 Å². The second-order valence-electron chi connectivity index (χ2n) is 5.43. The summed E-state index contributed by atoms with van der Waals surface area (Å²) in [7, 11) is 0. The maximum atomic E-state index is 5.96. The zero-order chi connectivity index (χ0) is 16.0. The summed E-state index contributed by atoms with van der Waals surface area (Å²) in [6, 6.07) is 0. The molecule has 0 aromatic rings. The lowest BCUT2D eigenvalue weighted by Gasteiger charge is -2.36. The molecule has 0 aliphatic heterocycles. The molecule has 1 unspecified atom stereocenters. The molecule has 0 saturated carbocycles. The van der Waals surface area contributed by atoms with Gasteiger partial charge >= 0.3 is 0 Å². The molecule has 0 spiro atoms. The average Bonchev–Trinajstić information content (AvgIpc) is 2.46. The Morgan fingerprint density at radius 2 is 1.19 bits per heavy atom. The highest BCUT2D eigenvalue weighted by molar-refractivity contribution is 4.69. The van der Waals surface area contributed by atoms with Crippen molar-refractivity contribution in [1.29, 1.82) is 0 Å². The Morgan fingerprint density at radius 1 is 0.714 bits per heavy atom. The van der Waals surface area contributed by atoms with Gasteiger partial charge in [-0.05, 0) is 33.1 Å². The number of hydrogen-bond acceptors (Lipinski definition) is 4. The van der Waals surface area contributed by atoms with Crippen LogP contribution in [0.4, 0.5) is 0 Å². The van der Waals surface area contributed by atoms with Crippen LogP contribution in [0.1, 0.15) is 73.1 Å². The van der Waals surface area contributed by atoms with Gasteiger partial charge in [0, 0.05) is 19.8 Å². The Morgan fingerprint density at radius 3 is 1.62 bits per heavy atom. The molecule has 21 heavy (non-hydrogen) atoms. The van der Waals surface area contributed by atoms with Crippen LogP contribution in [0.15, 0.2) is 0 Å². The first-order valence-corrected chi connectivity index (χ1v) is 8.65. The predicted octanol–water partition coefficient (Wildman–Crippen LogP) is 4.52. The molecule has 1 atom stereocenters. The third kappa shape index (κ3) is 9.46. The molecule has 128 valence electrons. The summed E-state index contributed by atoms with van der Waals surface area (Å²) in [5.74, 6) is -0.828. The van der Waals surface area contributed by atoms with Crippen LogP contribution in [0, 0.1) is 0 Å². The van der Waals surface area contributed by atoms with E-state index < -0.39 is 12.1 Å². The molecule has 4 nitrogen and oxygen atoms in total. The van der Waals surface area contributed by atoms with E-state index in [9.17, 15) is 0 Å². The van der Waals surface area contributed by atoms with Crippen molar-refractivity contribution in [2.75, 3.05) is 26.4 Å². The average molecular weight is 304 g/mol. The van der Waals surface area contributed by atoms with Crippen LogP contribution in [0.3, 0.4) is 0 Å². The second-order valence-corrected chi connectivity index (χ2v) is 5.43. The highest BCUT2D eigenvalue weighted by Gasteiger charge is 2.38. The summed E-state index contributed by atoms with van der Waals surface area (Å²) in [5, 5.41) is 0. The zero-order valence-corrected chi connectivity index (χ0v) is 14.8. The molecule has 0 aromatic heterocycles. The van der Waals surface area contributed by atoms with Gasteiger partial charge in [-0.2, -0.15) is 0 Å². The van der Waals surface area contributed by atoms with Crippen LogP contribution in [0.5, 0.6) is 0 Å². The van der Waals surface area contributed by atoms with Gasteiger partial charge in [0.25, 0.3) is 0 Å². The Balaban J connectivity index is 4.61. The summed E-state index contributed by atoms with van der Waals surface area (Å²) in [6.45, 7) is 12.9. The normalized spacial score (nSPS) is 14.6. The minimum absolute atomic E-state index is 0.465. The molecule has 0 aromatic carbocycles. The van der Waals surface area contributed by atoms with Gasteiger partial charge < -0.3 is 18.9 Å². The summed E-state index contributed by atoms with van der Waals surface area (Å²) >= 11 is 0. The third-order valence-corrected chi connectivity index (χ3v) is 3.28. The van der Waals surface area contributed by atoms with E-state index in [2.05, 4.69) is 20.8 Å². The number of rotatable bonds is 15. The molecule has 0 rings (SSSR count). The summed E-state index contributed by atoms with van der Waals surface area (Å²) in [4.78, 5) is 0. The lowest BCUT2D eigenvalue weighted by molar-refractivity contribution is -0.344. The van der Waals surface area contributed by atoms with Crippen molar-refractivity contribution in [2.45, 2.75) is 85.2 Å². The van der Waals surface area contributed by atoms with Crippen molar-refractivity contribution in [1.82, 2.24) is 0 Å². The van der Waals surface area contributed by atoms with Crippen molar-refractivity contribution in [3.63, 3.8) is 0 Å². The van der Waals surface area contributed by atoms with Crippen LogP contribution < -0.4 is 0 Å². The highest BCUT2D eigenvalue weighted by atomic mass is 16.8. The van der Waals surface area contributed by atoms with Gasteiger partial charge in [0.2, 0.25) is 12.1 Å². The maximum Gasteiger partial charge on any atom is 0.217 e. The van der Waals surface area contributed by atoms with Crippen molar-refractivity contribution in [2.24, 2.45) is 0 Å². The predicted molar refractivity (Wildman–Crippen MR) is 86.4 cm³/mol. The van der Waals surface area contributed by atoms with E-state index in [1.807, 2.05) is 13.8 Å². The van der Waals surface area contributed by atoms with Crippen LogP contribution in [-0.4, -0.2) is 38.5 Å². The molecular weight excluding hydrogens is 268 g/mol. The second kappa shape index (κ2) is 13.5. The van der Waals surface area contributed by atoms with E-state index in [0.29, 0.717) is 26.4 Å². The molecule has 0 radical (unpaired) electrons. The van der Waals surface area contributed by atoms with Crippen molar-refractivity contribution in [3.8, 4) is 0 Å². The largest absolute Gasteiger partial charge is 0.348 e. The smallest absolute Gasteiger partial charge is 0.217 e. The number of ether oxygens (including phenoxy) is 4. The SMILES string of the molecule is CCCCOC(OCCCC)C(C)(OCC)OCCCC. The molecule has 0 aliphatic rings. The lowest BCUT2D eigenvalue weighted by Crippen LogP contribution is -2.48. The Labute approximate surface area is 131 Å². The fraction of sp³-hybridized carbons (Fsp3) is 1.00. The molecular formula is C17H36O4. The quantitative estimate of drug-likeness (QED) is 0.329. The highest BCUT2D eigenvalue weighted by Crippen LogP contribution is 2.23. The Bertz CT molecular complexity index is 213. The van der Waals surface area contributed by atoms with E-state index in [1.54, 1.807) is 0 Å². The first kappa shape index (κ1) is 20.8. The maximum absolute atomic E-state index is 5.96. The minimum atomic E-state index is -0.828. The summed E-state index contributed by atoms with van der Waals surface area (Å²) < 4.78 is 23.6. The lowest BCUT2D eigenvalue weighted by atomic mass is 10.2. The van der Waals surface area contributed by atoms with E-state index in [-0.39, 0.29) is 0 Å². The standard InChI is InChI=1S/C17H36O4/c1-6-10-13-18-16(19-14-11-7-2)17(5,20-9-4)21-15-12-8-3/h16H,6-15H2,1-5H3. The molecule has 0 heterocycles. The van der Waals surface area contributed by atoms with E-state index in [0.717, 1.165) is 38.5 Å². The van der Waals surface area contributed by atoms with E-state index in [1.165, 1.54) is 0 Å².